The topological polar surface area (TPSA) is 64.3 Å². The third-order valence-electron chi connectivity index (χ3n) is 3.53. The maximum Gasteiger partial charge on any atom is 0.231 e. The molecule has 0 fully saturated rings. The van der Waals surface area contributed by atoms with Crippen molar-refractivity contribution in [2.45, 2.75) is 33.2 Å². The van der Waals surface area contributed by atoms with Crippen LogP contribution in [-0.4, -0.2) is 18.6 Å². The molecule has 1 aromatic rings. The zero-order chi connectivity index (χ0) is 14.0. The lowest BCUT2D eigenvalue weighted by atomic mass is 9.74. The summed E-state index contributed by atoms with van der Waals surface area (Å²) < 4.78 is 5.20. The number of ether oxygens (including phenoxy) is 1. The summed E-state index contributed by atoms with van der Waals surface area (Å²) in [6, 6.07) is 7.30. The highest BCUT2D eigenvalue weighted by molar-refractivity contribution is 5.96. The molecular formula is C14H22N2O2. The standard InChI is InChI=1S/C14H22N2O2/c1-13(2,14(3,4)15)12(17)16-10-8-6-7-9-11(10)18-5/h6-9H,15H2,1-5H3,(H,16,17). The molecule has 0 bridgehead atoms. The van der Waals surface area contributed by atoms with Gasteiger partial charge in [0.15, 0.2) is 0 Å². The molecule has 0 saturated carbocycles. The quantitative estimate of drug-likeness (QED) is 0.862. The molecule has 0 aliphatic rings. The first-order valence-electron chi connectivity index (χ1n) is 5.93. The summed E-state index contributed by atoms with van der Waals surface area (Å²) in [5, 5.41) is 2.86. The Labute approximate surface area is 109 Å². The Kier molecular flexibility index (Phi) is 4.02. The smallest absolute Gasteiger partial charge is 0.231 e. The van der Waals surface area contributed by atoms with E-state index >= 15 is 0 Å². The first kappa shape index (κ1) is 14.5. The highest BCUT2D eigenvalue weighted by Gasteiger charge is 2.40. The Morgan fingerprint density at radius 1 is 1.22 bits per heavy atom. The van der Waals surface area contributed by atoms with Gasteiger partial charge < -0.3 is 15.8 Å². The summed E-state index contributed by atoms with van der Waals surface area (Å²) >= 11 is 0. The summed E-state index contributed by atoms with van der Waals surface area (Å²) in [5.41, 5.74) is 5.40. The molecule has 0 spiro atoms. The molecular weight excluding hydrogens is 228 g/mol. The molecule has 4 nitrogen and oxygen atoms in total. The van der Waals surface area contributed by atoms with Crippen LogP contribution in [0.4, 0.5) is 5.69 Å². The van der Waals surface area contributed by atoms with Gasteiger partial charge in [-0.15, -0.1) is 0 Å². The van der Waals surface area contributed by atoms with Gasteiger partial charge in [0.2, 0.25) is 5.91 Å². The number of benzene rings is 1. The van der Waals surface area contributed by atoms with Crippen LogP contribution in [0.1, 0.15) is 27.7 Å². The van der Waals surface area contributed by atoms with Gasteiger partial charge in [-0.3, -0.25) is 4.79 Å². The van der Waals surface area contributed by atoms with Crippen molar-refractivity contribution >= 4 is 11.6 Å². The van der Waals surface area contributed by atoms with Crippen LogP contribution in [0.15, 0.2) is 24.3 Å². The number of anilines is 1. The molecule has 0 atom stereocenters. The summed E-state index contributed by atoms with van der Waals surface area (Å²) in [6.07, 6.45) is 0. The number of nitrogens with one attached hydrogen (secondary N) is 1. The van der Waals surface area contributed by atoms with Gasteiger partial charge in [0.1, 0.15) is 5.75 Å². The molecule has 1 aromatic carbocycles. The first-order valence-corrected chi connectivity index (χ1v) is 5.93. The van der Waals surface area contributed by atoms with Crippen LogP contribution < -0.4 is 15.8 Å². The minimum absolute atomic E-state index is 0.125. The van der Waals surface area contributed by atoms with E-state index in [1.807, 2.05) is 39.8 Å². The van der Waals surface area contributed by atoms with Crippen molar-refractivity contribution in [1.82, 2.24) is 0 Å². The van der Waals surface area contributed by atoms with Crippen LogP contribution in [0, 0.1) is 5.41 Å². The van der Waals surface area contributed by atoms with Crippen molar-refractivity contribution in [1.29, 1.82) is 0 Å². The minimum atomic E-state index is -0.687. The molecule has 0 unspecified atom stereocenters. The van der Waals surface area contributed by atoms with Crippen molar-refractivity contribution in [2.75, 3.05) is 12.4 Å². The Hall–Kier alpha value is -1.55. The van der Waals surface area contributed by atoms with Crippen LogP contribution in [0.5, 0.6) is 5.75 Å². The summed E-state index contributed by atoms with van der Waals surface area (Å²) in [4.78, 5) is 12.3. The summed E-state index contributed by atoms with van der Waals surface area (Å²) in [5.74, 6) is 0.510. The normalized spacial score (nSPS) is 12.1. The fourth-order valence-corrected chi connectivity index (χ4v) is 1.32. The van der Waals surface area contributed by atoms with E-state index in [0.29, 0.717) is 11.4 Å². The number of amides is 1. The molecule has 4 heteroatoms. The number of nitrogens with two attached hydrogens (primary N) is 1. The molecule has 18 heavy (non-hydrogen) atoms. The van der Waals surface area contributed by atoms with E-state index < -0.39 is 11.0 Å². The molecule has 0 heterocycles. The molecule has 0 aromatic heterocycles. The van der Waals surface area contributed by atoms with E-state index in [1.165, 1.54) is 0 Å². The molecule has 0 aliphatic carbocycles. The molecule has 1 rings (SSSR count). The van der Waals surface area contributed by atoms with Crippen molar-refractivity contribution in [3.63, 3.8) is 0 Å². The maximum atomic E-state index is 12.3. The molecule has 0 saturated heterocycles. The van der Waals surface area contributed by atoms with Crippen LogP contribution >= 0.6 is 0 Å². The largest absolute Gasteiger partial charge is 0.495 e. The maximum absolute atomic E-state index is 12.3. The zero-order valence-electron chi connectivity index (χ0n) is 11.7. The molecule has 3 N–H and O–H groups in total. The number of para-hydroxylation sites is 2. The SMILES string of the molecule is COc1ccccc1NC(=O)C(C)(C)C(C)(C)N. The average molecular weight is 250 g/mol. The number of carbonyl (C=O) groups is 1. The van der Waals surface area contributed by atoms with E-state index in [1.54, 1.807) is 19.2 Å². The van der Waals surface area contributed by atoms with E-state index in [4.69, 9.17) is 10.5 Å². The monoisotopic (exact) mass is 250 g/mol. The number of carbonyl (C=O) groups excluding carboxylic acids is 1. The zero-order valence-corrected chi connectivity index (χ0v) is 11.7. The molecule has 1 amide bonds. The first-order chi connectivity index (χ1) is 8.20. The second-order valence-corrected chi connectivity index (χ2v) is 5.50. The Balaban J connectivity index is 2.95. The lowest BCUT2D eigenvalue weighted by Gasteiger charge is -2.36. The van der Waals surface area contributed by atoms with Crippen LogP contribution in [0.25, 0.3) is 0 Å². The number of methoxy groups -OCH3 is 1. The van der Waals surface area contributed by atoms with E-state index in [9.17, 15) is 4.79 Å². The van der Waals surface area contributed by atoms with Gasteiger partial charge in [0.05, 0.1) is 18.2 Å². The fourth-order valence-electron chi connectivity index (χ4n) is 1.32. The minimum Gasteiger partial charge on any atom is -0.495 e. The Morgan fingerprint density at radius 2 is 1.78 bits per heavy atom. The van der Waals surface area contributed by atoms with Gasteiger partial charge in [0.25, 0.3) is 0 Å². The summed E-state index contributed by atoms with van der Waals surface area (Å²) in [6.45, 7) is 7.35. The van der Waals surface area contributed by atoms with E-state index in [-0.39, 0.29) is 5.91 Å². The predicted octanol–water partition coefficient (Wildman–Crippen LogP) is 2.40. The number of hydrogen-bond acceptors (Lipinski definition) is 3. The summed E-state index contributed by atoms with van der Waals surface area (Å²) in [7, 11) is 1.57. The van der Waals surface area contributed by atoms with Crippen LogP contribution in [-0.2, 0) is 4.79 Å². The van der Waals surface area contributed by atoms with Crippen molar-refractivity contribution in [3.8, 4) is 5.75 Å². The van der Waals surface area contributed by atoms with Crippen LogP contribution in [0.3, 0.4) is 0 Å². The third-order valence-corrected chi connectivity index (χ3v) is 3.53. The number of rotatable bonds is 4. The predicted molar refractivity (Wildman–Crippen MR) is 73.7 cm³/mol. The molecule has 0 aliphatic heterocycles. The number of hydrogen-bond donors (Lipinski definition) is 2. The van der Waals surface area contributed by atoms with E-state index in [2.05, 4.69) is 5.32 Å². The highest BCUT2D eigenvalue weighted by Crippen LogP contribution is 2.31. The van der Waals surface area contributed by atoms with E-state index in [0.717, 1.165) is 0 Å². The van der Waals surface area contributed by atoms with Gasteiger partial charge in [-0.1, -0.05) is 12.1 Å². The van der Waals surface area contributed by atoms with Crippen molar-refractivity contribution in [2.24, 2.45) is 11.1 Å². The Morgan fingerprint density at radius 3 is 2.28 bits per heavy atom. The third kappa shape index (κ3) is 2.82. The second-order valence-electron chi connectivity index (χ2n) is 5.50. The molecule has 100 valence electrons. The van der Waals surface area contributed by atoms with Gasteiger partial charge >= 0.3 is 0 Å². The highest BCUT2D eigenvalue weighted by atomic mass is 16.5. The second kappa shape index (κ2) is 4.98. The van der Waals surface area contributed by atoms with Gasteiger partial charge in [-0.25, -0.2) is 0 Å². The fraction of sp³-hybridized carbons (Fsp3) is 0.500. The van der Waals surface area contributed by atoms with Gasteiger partial charge in [0, 0.05) is 5.54 Å². The Bertz CT molecular complexity index is 434. The van der Waals surface area contributed by atoms with Crippen molar-refractivity contribution in [3.05, 3.63) is 24.3 Å². The van der Waals surface area contributed by atoms with Crippen LogP contribution in [0.2, 0.25) is 0 Å². The lowest BCUT2D eigenvalue weighted by molar-refractivity contribution is -0.126. The lowest BCUT2D eigenvalue weighted by Crippen LogP contribution is -2.53. The van der Waals surface area contributed by atoms with Gasteiger partial charge in [-0.2, -0.15) is 0 Å². The van der Waals surface area contributed by atoms with Crippen molar-refractivity contribution < 1.29 is 9.53 Å². The van der Waals surface area contributed by atoms with Gasteiger partial charge in [-0.05, 0) is 39.8 Å². The average Bonchev–Trinajstić information content (AvgIpc) is 2.28. The molecule has 0 radical (unpaired) electrons.